The maximum Gasteiger partial charge on any atom is 0.253 e. The van der Waals surface area contributed by atoms with Crippen LogP contribution in [0.1, 0.15) is 12.5 Å². The number of hydrogen-bond donors (Lipinski definition) is 1. The minimum Gasteiger partial charge on any atom is -0.383 e. The number of imidazole rings is 1. The van der Waals surface area contributed by atoms with Crippen molar-refractivity contribution in [2.24, 2.45) is 0 Å². The van der Waals surface area contributed by atoms with E-state index in [4.69, 9.17) is 4.74 Å². The van der Waals surface area contributed by atoms with E-state index >= 15 is 0 Å². The summed E-state index contributed by atoms with van der Waals surface area (Å²) >= 11 is 0. The lowest BCUT2D eigenvalue weighted by Crippen LogP contribution is -2.33. The number of amides is 2. The Labute approximate surface area is 156 Å². The quantitative estimate of drug-likeness (QED) is 0.729. The molecule has 1 N–H and O–H groups in total. The van der Waals surface area contributed by atoms with Gasteiger partial charge in [-0.15, -0.1) is 0 Å². The van der Waals surface area contributed by atoms with Gasteiger partial charge in [0.15, 0.2) is 0 Å². The highest BCUT2D eigenvalue weighted by Gasteiger charge is 2.40. The van der Waals surface area contributed by atoms with E-state index in [1.807, 2.05) is 59.2 Å². The molecule has 0 radical (unpaired) electrons. The van der Waals surface area contributed by atoms with Gasteiger partial charge in [0.05, 0.1) is 30.6 Å². The van der Waals surface area contributed by atoms with Gasteiger partial charge >= 0.3 is 0 Å². The van der Waals surface area contributed by atoms with E-state index in [1.165, 1.54) is 0 Å². The summed E-state index contributed by atoms with van der Waals surface area (Å²) in [5.41, 5.74) is 2.36. The maximum atomic E-state index is 13.0. The molecule has 0 saturated heterocycles. The Hall–Kier alpha value is -3.19. The first-order valence-electron chi connectivity index (χ1n) is 8.81. The standard InChI is InChI=1S/C20H20N4O3/c1-27-12-11-23-19(26)17(13-18(25)21-14-7-3-2-4-8-14)24-16-10-6-5-9-15(16)22-20(23)24/h2-10,17H,11-13H2,1H3,(H,21,25)/t17-/m1/s1. The van der Waals surface area contributed by atoms with Gasteiger partial charge in [0.2, 0.25) is 11.9 Å². The van der Waals surface area contributed by atoms with Crippen molar-refractivity contribution >= 4 is 34.5 Å². The van der Waals surface area contributed by atoms with Gasteiger partial charge in [-0.1, -0.05) is 30.3 Å². The van der Waals surface area contributed by atoms with E-state index in [1.54, 1.807) is 12.0 Å². The lowest BCUT2D eigenvalue weighted by Gasteiger charge is -2.15. The molecule has 7 heteroatoms. The molecule has 2 aromatic carbocycles. The van der Waals surface area contributed by atoms with Gasteiger partial charge in [-0.05, 0) is 24.3 Å². The van der Waals surface area contributed by atoms with Gasteiger partial charge in [-0.3, -0.25) is 19.1 Å². The van der Waals surface area contributed by atoms with Crippen molar-refractivity contribution in [3.8, 4) is 0 Å². The Bertz CT molecular complexity index is 983. The highest BCUT2D eigenvalue weighted by molar-refractivity contribution is 6.05. The van der Waals surface area contributed by atoms with Crippen molar-refractivity contribution in [2.75, 3.05) is 30.5 Å². The normalized spacial score (nSPS) is 16.0. The average molecular weight is 364 g/mol. The van der Waals surface area contributed by atoms with Crippen molar-refractivity contribution in [2.45, 2.75) is 12.5 Å². The predicted octanol–water partition coefficient (Wildman–Crippen LogP) is 2.60. The van der Waals surface area contributed by atoms with Crippen LogP contribution in [0.15, 0.2) is 54.6 Å². The topological polar surface area (TPSA) is 76.5 Å². The maximum absolute atomic E-state index is 13.0. The Balaban J connectivity index is 1.64. The van der Waals surface area contributed by atoms with E-state index in [-0.39, 0.29) is 18.2 Å². The molecule has 0 aliphatic carbocycles. The lowest BCUT2D eigenvalue weighted by molar-refractivity contribution is -0.124. The molecule has 27 heavy (non-hydrogen) atoms. The molecule has 1 atom stereocenters. The van der Waals surface area contributed by atoms with Crippen LogP contribution in [0.3, 0.4) is 0 Å². The fraction of sp³-hybridized carbons (Fsp3) is 0.250. The van der Waals surface area contributed by atoms with Crippen LogP contribution in [0.4, 0.5) is 11.6 Å². The minimum absolute atomic E-state index is 0.0462. The molecule has 138 valence electrons. The highest BCUT2D eigenvalue weighted by atomic mass is 16.5. The number of benzene rings is 2. The second-order valence-electron chi connectivity index (χ2n) is 6.39. The molecule has 0 spiro atoms. The second-order valence-corrected chi connectivity index (χ2v) is 6.39. The molecule has 1 aliphatic rings. The largest absolute Gasteiger partial charge is 0.383 e. The van der Waals surface area contributed by atoms with Crippen LogP contribution in [0.2, 0.25) is 0 Å². The fourth-order valence-corrected chi connectivity index (χ4v) is 3.40. The Morgan fingerprint density at radius 3 is 2.67 bits per heavy atom. The number of fused-ring (bicyclic) bond motifs is 3. The van der Waals surface area contributed by atoms with Gasteiger partial charge in [-0.2, -0.15) is 0 Å². The second kappa shape index (κ2) is 7.20. The van der Waals surface area contributed by atoms with Crippen molar-refractivity contribution in [1.82, 2.24) is 9.55 Å². The number of nitrogens with one attached hydrogen (secondary N) is 1. The van der Waals surface area contributed by atoms with E-state index in [2.05, 4.69) is 10.3 Å². The summed E-state index contributed by atoms with van der Waals surface area (Å²) in [5, 5.41) is 2.85. The molecule has 1 aromatic heterocycles. The van der Waals surface area contributed by atoms with Gasteiger partial charge in [0, 0.05) is 12.8 Å². The molecule has 3 aromatic rings. The first kappa shape index (κ1) is 17.2. The van der Waals surface area contributed by atoms with Gasteiger partial charge in [0.25, 0.3) is 5.91 Å². The SMILES string of the molecule is COCCN1C(=O)[C@@H](CC(=O)Nc2ccccc2)n2c1nc1ccccc12. The number of ether oxygens (including phenoxy) is 1. The predicted molar refractivity (Wildman–Crippen MR) is 103 cm³/mol. The smallest absolute Gasteiger partial charge is 0.253 e. The third-order valence-electron chi connectivity index (χ3n) is 4.64. The number of methoxy groups -OCH3 is 1. The number of rotatable bonds is 6. The van der Waals surface area contributed by atoms with Gasteiger partial charge < -0.3 is 10.1 Å². The van der Waals surface area contributed by atoms with Crippen molar-refractivity contribution < 1.29 is 14.3 Å². The summed E-state index contributed by atoms with van der Waals surface area (Å²) in [6.45, 7) is 0.799. The molecule has 0 fully saturated rings. The first-order chi connectivity index (χ1) is 13.2. The lowest BCUT2D eigenvalue weighted by atomic mass is 10.1. The van der Waals surface area contributed by atoms with E-state index < -0.39 is 6.04 Å². The van der Waals surface area contributed by atoms with Crippen LogP contribution in [0.25, 0.3) is 11.0 Å². The van der Waals surface area contributed by atoms with Crippen LogP contribution >= 0.6 is 0 Å². The van der Waals surface area contributed by atoms with E-state index in [0.29, 0.717) is 24.8 Å². The summed E-state index contributed by atoms with van der Waals surface area (Å²) < 4.78 is 6.99. The molecule has 0 unspecified atom stereocenters. The number of para-hydroxylation sites is 3. The molecule has 2 heterocycles. The van der Waals surface area contributed by atoms with E-state index in [9.17, 15) is 9.59 Å². The monoisotopic (exact) mass is 364 g/mol. The molecule has 0 bridgehead atoms. The van der Waals surface area contributed by atoms with Crippen LogP contribution < -0.4 is 10.2 Å². The number of hydrogen-bond acceptors (Lipinski definition) is 4. The van der Waals surface area contributed by atoms with Crippen LogP contribution in [-0.2, 0) is 14.3 Å². The molecular weight excluding hydrogens is 344 g/mol. The third kappa shape index (κ3) is 3.17. The van der Waals surface area contributed by atoms with Gasteiger partial charge in [0.1, 0.15) is 6.04 Å². The number of carbonyl (C=O) groups excluding carboxylic acids is 2. The summed E-state index contributed by atoms with van der Waals surface area (Å²) in [5.74, 6) is 0.219. The molecule has 4 rings (SSSR count). The zero-order valence-electron chi connectivity index (χ0n) is 15.0. The van der Waals surface area contributed by atoms with Crippen LogP contribution in [0, 0.1) is 0 Å². The van der Waals surface area contributed by atoms with E-state index in [0.717, 1.165) is 11.0 Å². The molecule has 2 amide bonds. The number of anilines is 2. The first-order valence-corrected chi connectivity index (χ1v) is 8.81. The Morgan fingerprint density at radius 1 is 1.15 bits per heavy atom. The highest BCUT2D eigenvalue weighted by Crippen LogP contribution is 2.36. The van der Waals surface area contributed by atoms with Crippen LogP contribution in [-0.4, -0.2) is 41.6 Å². The summed E-state index contributed by atoms with van der Waals surface area (Å²) in [6.07, 6.45) is 0.0462. The van der Waals surface area contributed by atoms with Crippen molar-refractivity contribution in [1.29, 1.82) is 0 Å². The van der Waals surface area contributed by atoms with Crippen molar-refractivity contribution in [3.63, 3.8) is 0 Å². The number of aromatic nitrogens is 2. The summed E-state index contributed by atoms with van der Waals surface area (Å²) in [7, 11) is 1.59. The Kier molecular flexibility index (Phi) is 4.60. The zero-order valence-corrected chi connectivity index (χ0v) is 15.0. The summed E-state index contributed by atoms with van der Waals surface area (Å²) in [4.78, 5) is 31.8. The Morgan fingerprint density at radius 2 is 1.89 bits per heavy atom. The summed E-state index contributed by atoms with van der Waals surface area (Å²) in [6, 6.07) is 16.2. The molecule has 0 saturated carbocycles. The molecular formula is C20H20N4O3. The minimum atomic E-state index is -0.618. The number of carbonyl (C=O) groups is 2. The van der Waals surface area contributed by atoms with Crippen LogP contribution in [0.5, 0.6) is 0 Å². The fourth-order valence-electron chi connectivity index (χ4n) is 3.40. The molecule has 1 aliphatic heterocycles. The molecule has 7 nitrogen and oxygen atoms in total. The van der Waals surface area contributed by atoms with Gasteiger partial charge in [-0.25, -0.2) is 4.98 Å². The zero-order chi connectivity index (χ0) is 18.8. The van der Waals surface area contributed by atoms with Crippen molar-refractivity contribution in [3.05, 3.63) is 54.6 Å². The third-order valence-corrected chi connectivity index (χ3v) is 4.64. The average Bonchev–Trinajstić information content (AvgIpc) is 3.16. The number of nitrogens with zero attached hydrogens (tertiary/aromatic N) is 3.